The van der Waals surface area contributed by atoms with Gasteiger partial charge in [0.05, 0.1) is 0 Å². The zero-order valence-electron chi connectivity index (χ0n) is 11.8. The van der Waals surface area contributed by atoms with E-state index in [-0.39, 0.29) is 0 Å². The van der Waals surface area contributed by atoms with Crippen LogP contribution in [0.3, 0.4) is 0 Å². The number of hydrogen-bond donors (Lipinski definition) is 1. The Labute approximate surface area is 106 Å². The van der Waals surface area contributed by atoms with Gasteiger partial charge in [0.2, 0.25) is 0 Å². The lowest BCUT2D eigenvalue weighted by Crippen LogP contribution is -2.58. The molecule has 1 atom stereocenters. The molecule has 3 nitrogen and oxygen atoms in total. The highest BCUT2D eigenvalue weighted by atomic mass is 15.3. The number of likely N-dealkylation sites (N-methyl/N-ethyl adjacent to an activating group) is 1. The Bertz CT molecular complexity index is 242. The van der Waals surface area contributed by atoms with E-state index in [1.807, 2.05) is 0 Å². The Morgan fingerprint density at radius 2 is 1.82 bits per heavy atom. The maximum atomic E-state index is 5.95. The molecule has 1 aliphatic heterocycles. The van der Waals surface area contributed by atoms with E-state index >= 15 is 0 Å². The largest absolute Gasteiger partial charge is 0.329 e. The van der Waals surface area contributed by atoms with Crippen molar-refractivity contribution in [2.75, 3.05) is 33.2 Å². The third-order valence-electron chi connectivity index (χ3n) is 4.78. The molecule has 2 rings (SSSR count). The highest BCUT2D eigenvalue weighted by Crippen LogP contribution is 2.37. The molecule has 0 amide bonds. The van der Waals surface area contributed by atoms with Gasteiger partial charge in [0.15, 0.2) is 0 Å². The fourth-order valence-corrected chi connectivity index (χ4v) is 3.43. The van der Waals surface area contributed by atoms with Gasteiger partial charge in [-0.05, 0) is 38.1 Å². The maximum absolute atomic E-state index is 5.95. The van der Waals surface area contributed by atoms with Gasteiger partial charge in [-0.3, -0.25) is 4.90 Å². The summed E-state index contributed by atoms with van der Waals surface area (Å²) >= 11 is 0. The summed E-state index contributed by atoms with van der Waals surface area (Å²) in [4.78, 5) is 5.12. The van der Waals surface area contributed by atoms with E-state index in [0.29, 0.717) is 11.5 Å². The number of rotatable bonds is 2. The van der Waals surface area contributed by atoms with Crippen molar-refractivity contribution >= 4 is 0 Å². The van der Waals surface area contributed by atoms with Crippen LogP contribution in [-0.2, 0) is 0 Å². The van der Waals surface area contributed by atoms with Crippen LogP contribution in [0.4, 0.5) is 0 Å². The van der Waals surface area contributed by atoms with E-state index in [0.717, 1.165) is 19.1 Å². The molecule has 0 aromatic heterocycles. The predicted molar refractivity (Wildman–Crippen MR) is 73.1 cm³/mol. The van der Waals surface area contributed by atoms with Crippen LogP contribution in [-0.4, -0.2) is 55.1 Å². The summed E-state index contributed by atoms with van der Waals surface area (Å²) < 4.78 is 0. The monoisotopic (exact) mass is 239 g/mol. The molecule has 1 saturated carbocycles. The Morgan fingerprint density at radius 1 is 1.18 bits per heavy atom. The van der Waals surface area contributed by atoms with Crippen molar-refractivity contribution in [3.63, 3.8) is 0 Å². The zero-order valence-corrected chi connectivity index (χ0v) is 11.8. The summed E-state index contributed by atoms with van der Waals surface area (Å²) in [6.45, 7) is 9.20. The zero-order chi connectivity index (χ0) is 12.5. The second-order valence-corrected chi connectivity index (χ2v) is 6.78. The SMILES string of the molecule is CN1CCN(C2CCC(C)(C)CC2)C(CN)C1. The third kappa shape index (κ3) is 3.21. The van der Waals surface area contributed by atoms with Crippen molar-refractivity contribution in [3.8, 4) is 0 Å². The summed E-state index contributed by atoms with van der Waals surface area (Å²) in [5.41, 5.74) is 6.52. The molecule has 0 aromatic rings. The van der Waals surface area contributed by atoms with Gasteiger partial charge >= 0.3 is 0 Å². The minimum absolute atomic E-state index is 0.571. The fourth-order valence-electron chi connectivity index (χ4n) is 3.43. The first-order valence-electron chi connectivity index (χ1n) is 7.16. The summed E-state index contributed by atoms with van der Waals surface area (Å²) in [6.07, 6.45) is 5.49. The number of nitrogens with two attached hydrogens (primary N) is 1. The van der Waals surface area contributed by atoms with Crippen molar-refractivity contribution < 1.29 is 0 Å². The van der Waals surface area contributed by atoms with Gasteiger partial charge in [0.25, 0.3) is 0 Å². The van der Waals surface area contributed by atoms with E-state index in [1.165, 1.54) is 38.8 Å². The van der Waals surface area contributed by atoms with Gasteiger partial charge < -0.3 is 10.6 Å². The fraction of sp³-hybridized carbons (Fsp3) is 1.00. The van der Waals surface area contributed by atoms with Crippen LogP contribution in [0, 0.1) is 5.41 Å². The van der Waals surface area contributed by atoms with E-state index in [1.54, 1.807) is 0 Å². The second-order valence-electron chi connectivity index (χ2n) is 6.78. The van der Waals surface area contributed by atoms with Crippen LogP contribution in [0.25, 0.3) is 0 Å². The number of nitrogens with zero attached hydrogens (tertiary/aromatic N) is 2. The molecule has 0 bridgehead atoms. The first-order chi connectivity index (χ1) is 8.02. The van der Waals surface area contributed by atoms with Gasteiger partial charge in [0.1, 0.15) is 0 Å². The van der Waals surface area contributed by atoms with Crippen LogP contribution in [0.2, 0.25) is 0 Å². The third-order valence-corrected chi connectivity index (χ3v) is 4.78. The van der Waals surface area contributed by atoms with Crippen LogP contribution < -0.4 is 5.73 Å². The van der Waals surface area contributed by atoms with Crippen molar-refractivity contribution in [1.29, 1.82) is 0 Å². The summed E-state index contributed by atoms with van der Waals surface area (Å²) in [5.74, 6) is 0. The lowest BCUT2D eigenvalue weighted by molar-refractivity contribution is 0.0245. The van der Waals surface area contributed by atoms with E-state index in [4.69, 9.17) is 5.73 Å². The average molecular weight is 239 g/mol. The minimum atomic E-state index is 0.571. The lowest BCUT2D eigenvalue weighted by Gasteiger charge is -2.47. The van der Waals surface area contributed by atoms with Crippen LogP contribution in [0.5, 0.6) is 0 Å². The molecule has 17 heavy (non-hydrogen) atoms. The molecule has 2 N–H and O–H groups in total. The Balaban J connectivity index is 1.93. The first-order valence-corrected chi connectivity index (χ1v) is 7.16. The van der Waals surface area contributed by atoms with Gasteiger partial charge in [-0.15, -0.1) is 0 Å². The van der Waals surface area contributed by atoms with Crippen LogP contribution >= 0.6 is 0 Å². The predicted octanol–water partition coefficient (Wildman–Crippen LogP) is 1.53. The number of hydrogen-bond acceptors (Lipinski definition) is 3. The van der Waals surface area contributed by atoms with E-state index < -0.39 is 0 Å². The van der Waals surface area contributed by atoms with Gasteiger partial charge in [-0.2, -0.15) is 0 Å². The standard InChI is InChI=1S/C14H29N3/c1-14(2)6-4-12(5-7-14)17-9-8-16(3)11-13(17)10-15/h12-13H,4-11,15H2,1-3H3. The van der Waals surface area contributed by atoms with Crippen molar-refractivity contribution in [3.05, 3.63) is 0 Å². The molecule has 1 unspecified atom stereocenters. The Kier molecular flexibility index (Phi) is 4.11. The Morgan fingerprint density at radius 3 is 2.41 bits per heavy atom. The first kappa shape index (κ1) is 13.3. The molecule has 100 valence electrons. The molecule has 1 heterocycles. The summed E-state index contributed by atoms with van der Waals surface area (Å²) in [7, 11) is 2.21. The minimum Gasteiger partial charge on any atom is -0.329 e. The highest BCUT2D eigenvalue weighted by Gasteiger charge is 2.34. The molecular formula is C14H29N3. The number of piperazine rings is 1. The molecule has 1 aliphatic carbocycles. The summed E-state index contributed by atoms with van der Waals surface area (Å²) in [6, 6.07) is 1.38. The lowest BCUT2D eigenvalue weighted by atomic mass is 9.75. The highest BCUT2D eigenvalue weighted by molar-refractivity contribution is 4.90. The quantitative estimate of drug-likeness (QED) is 0.793. The topological polar surface area (TPSA) is 32.5 Å². The van der Waals surface area contributed by atoms with Crippen LogP contribution in [0.1, 0.15) is 39.5 Å². The van der Waals surface area contributed by atoms with Crippen molar-refractivity contribution in [2.24, 2.45) is 11.1 Å². The van der Waals surface area contributed by atoms with Gasteiger partial charge in [0, 0.05) is 38.3 Å². The molecule has 0 aromatic carbocycles. The molecule has 1 saturated heterocycles. The smallest absolute Gasteiger partial charge is 0.0349 e. The van der Waals surface area contributed by atoms with Gasteiger partial charge in [-0.1, -0.05) is 13.8 Å². The second kappa shape index (κ2) is 5.25. The molecular weight excluding hydrogens is 210 g/mol. The van der Waals surface area contributed by atoms with E-state index in [2.05, 4.69) is 30.7 Å². The summed E-state index contributed by atoms with van der Waals surface area (Å²) in [5, 5.41) is 0. The molecule has 3 heteroatoms. The molecule has 2 aliphatic rings. The Hall–Kier alpha value is -0.120. The molecule has 0 radical (unpaired) electrons. The van der Waals surface area contributed by atoms with Crippen LogP contribution in [0.15, 0.2) is 0 Å². The molecule has 0 spiro atoms. The normalized spacial score (nSPS) is 32.8. The van der Waals surface area contributed by atoms with Crippen molar-refractivity contribution in [2.45, 2.75) is 51.6 Å². The molecule has 2 fully saturated rings. The average Bonchev–Trinajstić information content (AvgIpc) is 2.29. The van der Waals surface area contributed by atoms with Gasteiger partial charge in [-0.25, -0.2) is 0 Å². The maximum Gasteiger partial charge on any atom is 0.0349 e. The van der Waals surface area contributed by atoms with E-state index in [9.17, 15) is 0 Å². The van der Waals surface area contributed by atoms with Crippen molar-refractivity contribution in [1.82, 2.24) is 9.80 Å².